The van der Waals surface area contributed by atoms with Crippen LogP contribution in [0.5, 0.6) is 0 Å². The van der Waals surface area contributed by atoms with Gasteiger partial charge in [-0.3, -0.25) is 4.79 Å². The third-order valence-corrected chi connectivity index (χ3v) is 3.56. The minimum absolute atomic E-state index is 0.0405. The summed E-state index contributed by atoms with van der Waals surface area (Å²) in [5, 5.41) is 2.25. The zero-order valence-electron chi connectivity index (χ0n) is 11.5. The third-order valence-electron chi connectivity index (χ3n) is 3.56. The number of carbonyl (C=O) groups excluding carboxylic acids is 1. The van der Waals surface area contributed by atoms with Gasteiger partial charge in [0.2, 0.25) is 5.82 Å². The summed E-state index contributed by atoms with van der Waals surface area (Å²) < 4.78 is 66.1. The van der Waals surface area contributed by atoms with E-state index in [0.717, 1.165) is 0 Å². The van der Waals surface area contributed by atoms with E-state index >= 15 is 0 Å². The molecule has 0 radical (unpaired) electrons. The standard InChI is InChI=1S/C13H15F5N2O/c1-3-13(4-2,5-19)20-12(21)6-7(14)9(16)11(18)10(17)8(6)15/h3-5,19H2,1-2H3,(H,20,21). The molecular weight excluding hydrogens is 295 g/mol. The van der Waals surface area contributed by atoms with Crippen molar-refractivity contribution in [2.45, 2.75) is 32.2 Å². The molecule has 1 aromatic carbocycles. The smallest absolute Gasteiger partial charge is 0.257 e. The third kappa shape index (κ3) is 2.99. The van der Waals surface area contributed by atoms with Crippen LogP contribution in [0.3, 0.4) is 0 Å². The number of amides is 1. The Morgan fingerprint density at radius 3 is 1.67 bits per heavy atom. The first-order valence-corrected chi connectivity index (χ1v) is 6.28. The molecule has 118 valence electrons. The summed E-state index contributed by atoms with van der Waals surface area (Å²) in [7, 11) is 0. The summed E-state index contributed by atoms with van der Waals surface area (Å²) in [5.74, 6) is -12.4. The van der Waals surface area contributed by atoms with Crippen molar-refractivity contribution in [3.8, 4) is 0 Å². The minimum Gasteiger partial charge on any atom is -0.345 e. The molecule has 0 aliphatic rings. The van der Waals surface area contributed by atoms with Gasteiger partial charge in [-0.15, -0.1) is 0 Å². The van der Waals surface area contributed by atoms with Gasteiger partial charge >= 0.3 is 0 Å². The maximum atomic E-state index is 13.5. The Labute approximate surface area is 118 Å². The van der Waals surface area contributed by atoms with Crippen LogP contribution in [0, 0.1) is 29.1 Å². The van der Waals surface area contributed by atoms with Crippen LogP contribution in [0.25, 0.3) is 0 Å². The maximum absolute atomic E-state index is 13.5. The number of benzene rings is 1. The van der Waals surface area contributed by atoms with Gasteiger partial charge in [0, 0.05) is 6.54 Å². The largest absolute Gasteiger partial charge is 0.345 e. The van der Waals surface area contributed by atoms with Gasteiger partial charge in [0.1, 0.15) is 5.56 Å². The monoisotopic (exact) mass is 310 g/mol. The quantitative estimate of drug-likeness (QED) is 0.499. The summed E-state index contributed by atoms with van der Waals surface area (Å²) in [4.78, 5) is 11.9. The van der Waals surface area contributed by atoms with Crippen LogP contribution < -0.4 is 11.1 Å². The van der Waals surface area contributed by atoms with E-state index in [-0.39, 0.29) is 6.54 Å². The molecule has 0 fully saturated rings. The highest BCUT2D eigenvalue weighted by Crippen LogP contribution is 2.24. The van der Waals surface area contributed by atoms with Gasteiger partial charge in [-0.05, 0) is 12.8 Å². The van der Waals surface area contributed by atoms with Gasteiger partial charge in [0.15, 0.2) is 23.3 Å². The predicted octanol–water partition coefficient (Wildman–Crippen LogP) is 2.63. The van der Waals surface area contributed by atoms with E-state index in [2.05, 4.69) is 5.32 Å². The molecule has 0 aromatic heterocycles. The fraction of sp³-hybridized carbons (Fsp3) is 0.462. The molecule has 0 unspecified atom stereocenters. The van der Waals surface area contributed by atoms with Crippen molar-refractivity contribution in [3.05, 3.63) is 34.6 Å². The molecule has 8 heteroatoms. The van der Waals surface area contributed by atoms with E-state index in [1.54, 1.807) is 13.8 Å². The number of halogens is 5. The maximum Gasteiger partial charge on any atom is 0.257 e. The molecule has 0 aliphatic carbocycles. The molecule has 0 spiro atoms. The second kappa shape index (κ2) is 6.38. The first-order chi connectivity index (χ1) is 9.74. The van der Waals surface area contributed by atoms with Crippen molar-refractivity contribution >= 4 is 5.91 Å². The lowest BCUT2D eigenvalue weighted by atomic mass is 9.92. The van der Waals surface area contributed by atoms with Crippen LogP contribution in [0.2, 0.25) is 0 Å². The molecule has 0 bridgehead atoms. The van der Waals surface area contributed by atoms with Gasteiger partial charge in [-0.1, -0.05) is 13.8 Å². The van der Waals surface area contributed by atoms with E-state index < -0.39 is 46.1 Å². The van der Waals surface area contributed by atoms with E-state index in [1.807, 2.05) is 0 Å². The topological polar surface area (TPSA) is 55.1 Å². The lowest BCUT2D eigenvalue weighted by Gasteiger charge is -2.31. The highest BCUT2D eigenvalue weighted by molar-refractivity contribution is 5.95. The minimum atomic E-state index is -2.31. The molecular formula is C13H15F5N2O. The van der Waals surface area contributed by atoms with Crippen molar-refractivity contribution in [1.29, 1.82) is 0 Å². The Hall–Kier alpha value is -1.70. The van der Waals surface area contributed by atoms with Crippen molar-refractivity contribution < 1.29 is 26.7 Å². The van der Waals surface area contributed by atoms with Gasteiger partial charge < -0.3 is 11.1 Å². The van der Waals surface area contributed by atoms with Gasteiger partial charge in [0.25, 0.3) is 5.91 Å². The Kier molecular flexibility index (Phi) is 5.27. The predicted molar refractivity (Wildman–Crippen MR) is 66.1 cm³/mol. The van der Waals surface area contributed by atoms with Crippen molar-refractivity contribution in [1.82, 2.24) is 5.32 Å². The average molecular weight is 310 g/mol. The Morgan fingerprint density at radius 2 is 1.33 bits per heavy atom. The Balaban J connectivity index is 3.32. The van der Waals surface area contributed by atoms with Gasteiger partial charge in [-0.2, -0.15) is 0 Å². The van der Waals surface area contributed by atoms with E-state index in [0.29, 0.717) is 12.8 Å². The first kappa shape index (κ1) is 17.4. The summed E-state index contributed by atoms with van der Waals surface area (Å²) in [6, 6.07) is 0. The van der Waals surface area contributed by atoms with E-state index in [1.165, 1.54) is 0 Å². The van der Waals surface area contributed by atoms with Crippen molar-refractivity contribution in [2.24, 2.45) is 5.73 Å². The van der Waals surface area contributed by atoms with Crippen LogP contribution >= 0.6 is 0 Å². The molecule has 3 nitrogen and oxygen atoms in total. The molecule has 0 saturated heterocycles. The normalized spacial score (nSPS) is 11.6. The number of hydrogen-bond acceptors (Lipinski definition) is 2. The van der Waals surface area contributed by atoms with Crippen LogP contribution in [0.4, 0.5) is 22.0 Å². The van der Waals surface area contributed by atoms with Crippen LogP contribution in [0.1, 0.15) is 37.0 Å². The van der Waals surface area contributed by atoms with E-state index in [9.17, 15) is 26.7 Å². The van der Waals surface area contributed by atoms with Crippen LogP contribution in [-0.4, -0.2) is 18.0 Å². The fourth-order valence-corrected chi connectivity index (χ4v) is 1.87. The Bertz CT molecular complexity index is 521. The lowest BCUT2D eigenvalue weighted by molar-refractivity contribution is 0.0883. The Morgan fingerprint density at radius 1 is 0.952 bits per heavy atom. The number of nitrogens with two attached hydrogens (primary N) is 1. The number of nitrogens with one attached hydrogen (secondary N) is 1. The number of rotatable bonds is 5. The number of carbonyl (C=O) groups is 1. The molecule has 21 heavy (non-hydrogen) atoms. The van der Waals surface area contributed by atoms with Gasteiger partial charge in [0.05, 0.1) is 5.54 Å². The molecule has 0 atom stereocenters. The lowest BCUT2D eigenvalue weighted by Crippen LogP contribution is -2.53. The SMILES string of the molecule is CCC(CC)(CN)NC(=O)c1c(F)c(F)c(F)c(F)c1F. The van der Waals surface area contributed by atoms with E-state index in [4.69, 9.17) is 5.73 Å². The second-order valence-electron chi connectivity index (χ2n) is 4.59. The summed E-state index contributed by atoms with van der Waals surface area (Å²) in [5.41, 5.74) is 3.02. The number of hydrogen-bond donors (Lipinski definition) is 2. The molecule has 3 N–H and O–H groups in total. The van der Waals surface area contributed by atoms with Crippen molar-refractivity contribution in [2.75, 3.05) is 6.54 Å². The highest BCUT2D eigenvalue weighted by atomic mass is 19.2. The molecule has 0 saturated carbocycles. The first-order valence-electron chi connectivity index (χ1n) is 6.28. The fourth-order valence-electron chi connectivity index (χ4n) is 1.87. The summed E-state index contributed by atoms with van der Waals surface area (Å²) in [6.45, 7) is 3.31. The van der Waals surface area contributed by atoms with Crippen molar-refractivity contribution in [3.63, 3.8) is 0 Å². The van der Waals surface area contributed by atoms with Crippen LogP contribution in [0.15, 0.2) is 0 Å². The molecule has 1 rings (SSSR count). The van der Waals surface area contributed by atoms with Crippen LogP contribution in [-0.2, 0) is 0 Å². The zero-order chi connectivity index (χ0) is 16.4. The molecule has 0 heterocycles. The molecule has 1 aromatic rings. The average Bonchev–Trinajstić information content (AvgIpc) is 2.49. The molecule has 1 amide bonds. The highest BCUT2D eigenvalue weighted by Gasteiger charge is 2.33. The zero-order valence-corrected chi connectivity index (χ0v) is 11.5. The summed E-state index contributed by atoms with van der Waals surface area (Å²) in [6.07, 6.45) is 0.669. The summed E-state index contributed by atoms with van der Waals surface area (Å²) >= 11 is 0. The van der Waals surface area contributed by atoms with Gasteiger partial charge in [-0.25, -0.2) is 22.0 Å². The second-order valence-corrected chi connectivity index (χ2v) is 4.59. The molecule has 0 aliphatic heterocycles.